The van der Waals surface area contributed by atoms with E-state index in [-0.39, 0.29) is 0 Å². The van der Waals surface area contributed by atoms with Gasteiger partial charge in [-0.3, -0.25) is 0 Å². The van der Waals surface area contributed by atoms with Crippen molar-refractivity contribution < 1.29 is 22.7 Å². The number of rotatable bonds is 3. The molecule has 0 aliphatic rings. The summed E-state index contributed by atoms with van der Waals surface area (Å²) in [6, 6.07) is 1.42. The van der Waals surface area contributed by atoms with Crippen LogP contribution in [-0.2, 0) is 5.92 Å². The Kier molecular flexibility index (Phi) is 3.72. The highest BCUT2D eigenvalue weighted by Crippen LogP contribution is 2.36. The standard InChI is InChI=1S/C9H7BrF4O/c10-7-6(11)2-1-5(8(7)12)9(13,14)3-4-15/h1-2,15H,3-4H2. The van der Waals surface area contributed by atoms with Crippen LogP contribution in [-0.4, -0.2) is 11.7 Å². The molecule has 0 heterocycles. The van der Waals surface area contributed by atoms with Crippen LogP contribution in [0.1, 0.15) is 12.0 Å². The highest BCUT2D eigenvalue weighted by atomic mass is 79.9. The van der Waals surface area contributed by atoms with Gasteiger partial charge in [-0.25, -0.2) is 17.6 Å². The molecule has 1 N–H and O–H groups in total. The minimum absolute atomic E-state index is 0.627. The maximum atomic E-state index is 13.2. The van der Waals surface area contributed by atoms with E-state index >= 15 is 0 Å². The summed E-state index contributed by atoms with van der Waals surface area (Å²) in [5, 5.41) is 8.39. The molecule has 0 unspecified atom stereocenters. The van der Waals surface area contributed by atoms with Crippen molar-refractivity contribution in [3.05, 3.63) is 33.8 Å². The fraction of sp³-hybridized carbons (Fsp3) is 0.333. The van der Waals surface area contributed by atoms with Gasteiger partial charge in [-0.1, -0.05) is 0 Å². The quantitative estimate of drug-likeness (QED) is 0.668. The summed E-state index contributed by atoms with van der Waals surface area (Å²) in [7, 11) is 0. The van der Waals surface area contributed by atoms with Crippen molar-refractivity contribution in [2.45, 2.75) is 12.3 Å². The van der Waals surface area contributed by atoms with Gasteiger partial charge in [0.1, 0.15) is 11.6 Å². The molecule has 0 spiro atoms. The van der Waals surface area contributed by atoms with Crippen molar-refractivity contribution in [1.29, 1.82) is 0 Å². The first kappa shape index (κ1) is 12.4. The average Bonchev–Trinajstić information content (AvgIpc) is 2.13. The van der Waals surface area contributed by atoms with E-state index in [0.717, 1.165) is 6.07 Å². The summed E-state index contributed by atoms with van der Waals surface area (Å²) < 4.78 is 51.7. The Labute approximate surface area is 91.9 Å². The minimum atomic E-state index is -3.50. The molecule has 1 aromatic rings. The summed E-state index contributed by atoms with van der Waals surface area (Å²) in [4.78, 5) is 0. The lowest BCUT2D eigenvalue weighted by Crippen LogP contribution is -2.17. The Morgan fingerprint density at radius 2 is 1.87 bits per heavy atom. The van der Waals surface area contributed by atoms with Crippen molar-refractivity contribution in [1.82, 2.24) is 0 Å². The van der Waals surface area contributed by atoms with Crippen LogP contribution in [0.5, 0.6) is 0 Å². The summed E-state index contributed by atoms with van der Waals surface area (Å²) in [6.07, 6.45) is -0.901. The highest BCUT2D eigenvalue weighted by molar-refractivity contribution is 9.10. The molecule has 0 atom stereocenters. The Morgan fingerprint density at radius 1 is 1.27 bits per heavy atom. The smallest absolute Gasteiger partial charge is 0.278 e. The molecule has 0 aliphatic heterocycles. The van der Waals surface area contributed by atoms with Gasteiger partial charge in [-0.05, 0) is 28.1 Å². The van der Waals surface area contributed by atoms with E-state index < -0.39 is 40.6 Å². The number of aliphatic hydroxyl groups excluding tert-OH is 1. The molecule has 0 radical (unpaired) electrons. The van der Waals surface area contributed by atoms with Crippen molar-refractivity contribution in [2.75, 3.05) is 6.61 Å². The Hall–Kier alpha value is -0.620. The zero-order valence-corrected chi connectivity index (χ0v) is 8.99. The molecule has 0 aliphatic carbocycles. The van der Waals surface area contributed by atoms with Crippen LogP contribution in [0.3, 0.4) is 0 Å². The third-order valence-electron chi connectivity index (χ3n) is 1.86. The van der Waals surface area contributed by atoms with Crippen LogP contribution in [0, 0.1) is 11.6 Å². The molecule has 1 nitrogen and oxygen atoms in total. The van der Waals surface area contributed by atoms with Crippen LogP contribution in [0.15, 0.2) is 16.6 Å². The van der Waals surface area contributed by atoms with Gasteiger partial charge >= 0.3 is 0 Å². The lowest BCUT2D eigenvalue weighted by molar-refractivity contribution is -0.0301. The fourth-order valence-corrected chi connectivity index (χ4v) is 1.43. The second-order valence-corrected chi connectivity index (χ2v) is 3.69. The maximum Gasteiger partial charge on any atom is 0.278 e. The molecule has 1 aromatic carbocycles. The number of alkyl halides is 2. The molecule has 0 aromatic heterocycles. The number of halogens is 5. The number of hydrogen-bond acceptors (Lipinski definition) is 1. The second kappa shape index (κ2) is 4.49. The van der Waals surface area contributed by atoms with Gasteiger partial charge in [0.15, 0.2) is 0 Å². The summed E-state index contributed by atoms with van der Waals surface area (Å²) in [5.41, 5.74) is -0.926. The first-order chi connectivity index (χ1) is 6.90. The molecule has 6 heteroatoms. The van der Waals surface area contributed by atoms with Crippen molar-refractivity contribution in [3.8, 4) is 0 Å². The first-order valence-electron chi connectivity index (χ1n) is 4.03. The van der Waals surface area contributed by atoms with E-state index in [4.69, 9.17) is 5.11 Å². The van der Waals surface area contributed by atoms with Crippen LogP contribution >= 0.6 is 15.9 Å². The zero-order valence-electron chi connectivity index (χ0n) is 7.41. The monoisotopic (exact) mass is 286 g/mol. The van der Waals surface area contributed by atoms with Gasteiger partial charge in [-0.2, -0.15) is 0 Å². The Balaban J connectivity index is 3.21. The second-order valence-electron chi connectivity index (χ2n) is 2.90. The third-order valence-corrected chi connectivity index (χ3v) is 2.58. The SMILES string of the molecule is OCCC(F)(F)c1ccc(F)c(Br)c1F. The molecule has 0 saturated heterocycles. The summed E-state index contributed by atoms with van der Waals surface area (Å²) in [5.74, 6) is -5.79. The number of benzene rings is 1. The van der Waals surface area contributed by atoms with Crippen LogP contribution < -0.4 is 0 Å². The van der Waals surface area contributed by atoms with E-state index in [0.29, 0.717) is 6.07 Å². The highest BCUT2D eigenvalue weighted by Gasteiger charge is 2.35. The van der Waals surface area contributed by atoms with Gasteiger partial charge < -0.3 is 5.11 Å². The van der Waals surface area contributed by atoms with Gasteiger partial charge in [0.2, 0.25) is 0 Å². The van der Waals surface area contributed by atoms with Crippen LogP contribution in [0.2, 0.25) is 0 Å². The van der Waals surface area contributed by atoms with Crippen LogP contribution in [0.4, 0.5) is 17.6 Å². The normalized spacial score (nSPS) is 11.9. The minimum Gasteiger partial charge on any atom is -0.396 e. The number of aliphatic hydroxyl groups is 1. The molecule has 15 heavy (non-hydrogen) atoms. The molecular formula is C9H7BrF4O. The lowest BCUT2D eigenvalue weighted by Gasteiger charge is -2.16. The van der Waals surface area contributed by atoms with Crippen molar-refractivity contribution in [3.63, 3.8) is 0 Å². The molecular weight excluding hydrogens is 280 g/mol. The molecule has 0 bridgehead atoms. The Bertz CT molecular complexity index is 367. The van der Waals surface area contributed by atoms with Crippen LogP contribution in [0.25, 0.3) is 0 Å². The van der Waals surface area contributed by atoms with E-state index in [1.165, 1.54) is 0 Å². The molecule has 84 valence electrons. The molecule has 0 amide bonds. The van der Waals surface area contributed by atoms with Gasteiger partial charge in [0.05, 0.1) is 10.0 Å². The summed E-state index contributed by atoms with van der Waals surface area (Å²) >= 11 is 2.53. The number of hydrogen-bond donors (Lipinski definition) is 1. The predicted octanol–water partition coefficient (Wildman–Crippen LogP) is 3.20. The largest absolute Gasteiger partial charge is 0.396 e. The maximum absolute atomic E-state index is 13.2. The van der Waals surface area contributed by atoms with E-state index in [1.807, 2.05) is 0 Å². The first-order valence-corrected chi connectivity index (χ1v) is 4.82. The van der Waals surface area contributed by atoms with E-state index in [9.17, 15) is 17.6 Å². The summed E-state index contributed by atoms with van der Waals surface area (Å²) in [6.45, 7) is -0.776. The topological polar surface area (TPSA) is 20.2 Å². The van der Waals surface area contributed by atoms with Crippen molar-refractivity contribution >= 4 is 15.9 Å². The van der Waals surface area contributed by atoms with Gasteiger partial charge in [0, 0.05) is 13.0 Å². The Morgan fingerprint density at radius 3 is 2.40 bits per heavy atom. The molecule has 1 rings (SSSR count). The molecule has 0 fully saturated rings. The van der Waals surface area contributed by atoms with Crippen molar-refractivity contribution in [2.24, 2.45) is 0 Å². The lowest BCUT2D eigenvalue weighted by atomic mass is 10.1. The van der Waals surface area contributed by atoms with E-state index in [2.05, 4.69) is 15.9 Å². The van der Waals surface area contributed by atoms with Gasteiger partial charge in [-0.15, -0.1) is 0 Å². The fourth-order valence-electron chi connectivity index (χ4n) is 1.08. The third kappa shape index (κ3) is 2.49. The van der Waals surface area contributed by atoms with Gasteiger partial charge in [0.25, 0.3) is 5.92 Å². The predicted molar refractivity (Wildman–Crippen MR) is 49.7 cm³/mol. The average molecular weight is 287 g/mol. The van der Waals surface area contributed by atoms with E-state index in [1.54, 1.807) is 0 Å². The molecule has 0 saturated carbocycles. The zero-order chi connectivity index (χ0) is 11.6.